The summed E-state index contributed by atoms with van der Waals surface area (Å²) in [6, 6.07) is 7.39. The Bertz CT molecular complexity index is 393. The summed E-state index contributed by atoms with van der Waals surface area (Å²) in [7, 11) is 1.78. The normalized spacial score (nSPS) is 14.2. The van der Waals surface area contributed by atoms with Crippen LogP contribution in [0.1, 0.15) is 31.9 Å². The number of benzene rings is 1. The highest BCUT2D eigenvalue weighted by Crippen LogP contribution is 2.26. The van der Waals surface area contributed by atoms with E-state index in [9.17, 15) is 4.79 Å². The van der Waals surface area contributed by atoms with Crippen molar-refractivity contribution in [3.05, 3.63) is 34.9 Å². The highest BCUT2D eigenvalue weighted by atomic mass is 35.5. The maximum atomic E-state index is 11.9. The molecule has 0 bridgehead atoms. The topological polar surface area (TPSA) is 46.3 Å². The Labute approximate surface area is 108 Å². The van der Waals surface area contributed by atoms with E-state index in [1.807, 2.05) is 38.1 Å². The molecule has 1 rings (SSSR count). The first-order valence-electron chi connectivity index (χ1n) is 5.69. The molecule has 2 unspecified atom stereocenters. The van der Waals surface area contributed by atoms with E-state index in [0.29, 0.717) is 11.4 Å². The monoisotopic (exact) mass is 254 g/mol. The van der Waals surface area contributed by atoms with Crippen LogP contribution in [0.25, 0.3) is 0 Å². The molecule has 17 heavy (non-hydrogen) atoms. The lowest BCUT2D eigenvalue weighted by Gasteiger charge is -2.26. The number of amides is 1. The van der Waals surface area contributed by atoms with E-state index in [4.69, 9.17) is 17.3 Å². The van der Waals surface area contributed by atoms with Crippen molar-refractivity contribution < 1.29 is 4.79 Å². The molecule has 0 spiro atoms. The molecule has 0 radical (unpaired) electrons. The van der Waals surface area contributed by atoms with Crippen LogP contribution < -0.4 is 5.73 Å². The number of nitrogens with zero attached hydrogens (tertiary/aromatic N) is 1. The van der Waals surface area contributed by atoms with E-state index in [-0.39, 0.29) is 18.0 Å². The molecule has 1 amide bonds. The van der Waals surface area contributed by atoms with Gasteiger partial charge in [0.25, 0.3) is 0 Å². The van der Waals surface area contributed by atoms with Crippen LogP contribution in [0.4, 0.5) is 0 Å². The minimum absolute atomic E-state index is 0.0346. The minimum atomic E-state index is -0.122. The third-order valence-corrected chi connectivity index (χ3v) is 3.17. The molecule has 0 aliphatic heterocycles. The molecule has 4 heteroatoms. The van der Waals surface area contributed by atoms with Gasteiger partial charge in [0.15, 0.2) is 0 Å². The molecule has 0 aliphatic carbocycles. The van der Waals surface area contributed by atoms with Crippen molar-refractivity contribution in [3.8, 4) is 0 Å². The Kier molecular flexibility index (Phi) is 4.97. The lowest BCUT2D eigenvalue weighted by Crippen LogP contribution is -2.33. The lowest BCUT2D eigenvalue weighted by molar-refractivity contribution is -0.132. The molecule has 3 nitrogen and oxygen atoms in total. The molecule has 1 aromatic carbocycles. The fourth-order valence-corrected chi connectivity index (χ4v) is 1.95. The third-order valence-electron chi connectivity index (χ3n) is 2.83. The molecule has 0 saturated carbocycles. The SMILES string of the molecule is CC(N)CC(=O)N(C)C(C)c1ccccc1Cl. The van der Waals surface area contributed by atoms with Gasteiger partial charge in [-0.2, -0.15) is 0 Å². The fraction of sp³-hybridized carbons (Fsp3) is 0.462. The summed E-state index contributed by atoms with van der Waals surface area (Å²) >= 11 is 6.11. The Balaban J connectivity index is 2.80. The van der Waals surface area contributed by atoms with Gasteiger partial charge in [0.2, 0.25) is 5.91 Å². The van der Waals surface area contributed by atoms with Gasteiger partial charge in [0.05, 0.1) is 6.04 Å². The molecule has 0 heterocycles. The molecule has 1 aromatic rings. The third kappa shape index (κ3) is 3.72. The van der Waals surface area contributed by atoms with Crippen molar-refractivity contribution in [2.24, 2.45) is 5.73 Å². The molecule has 0 fully saturated rings. The Hall–Kier alpha value is -1.06. The van der Waals surface area contributed by atoms with E-state index in [1.54, 1.807) is 11.9 Å². The van der Waals surface area contributed by atoms with Crippen LogP contribution in [-0.2, 0) is 4.79 Å². The first kappa shape index (κ1) is 14.0. The minimum Gasteiger partial charge on any atom is -0.339 e. The number of nitrogens with two attached hydrogens (primary N) is 1. The molecular weight excluding hydrogens is 236 g/mol. The van der Waals surface area contributed by atoms with Gasteiger partial charge < -0.3 is 10.6 Å². The molecule has 0 saturated heterocycles. The van der Waals surface area contributed by atoms with E-state index >= 15 is 0 Å². The van der Waals surface area contributed by atoms with Gasteiger partial charge in [-0.1, -0.05) is 29.8 Å². The second kappa shape index (κ2) is 6.03. The van der Waals surface area contributed by atoms with Crippen LogP contribution >= 0.6 is 11.6 Å². The maximum absolute atomic E-state index is 11.9. The molecular formula is C13H19ClN2O. The van der Waals surface area contributed by atoms with Crippen molar-refractivity contribution in [2.75, 3.05) is 7.05 Å². The van der Waals surface area contributed by atoms with Crippen LogP contribution in [0.3, 0.4) is 0 Å². The zero-order chi connectivity index (χ0) is 13.0. The van der Waals surface area contributed by atoms with Crippen molar-refractivity contribution in [1.82, 2.24) is 4.90 Å². The van der Waals surface area contributed by atoms with Gasteiger partial charge in [0, 0.05) is 24.5 Å². The molecule has 2 N–H and O–H groups in total. The van der Waals surface area contributed by atoms with E-state index in [1.165, 1.54) is 0 Å². The van der Waals surface area contributed by atoms with Gasteiger partial charge in [-0.15, -0.1) is 0 Å². The summed E-state index contributed by atoms with van der Waals surface area (Å²) in [6.45, 7) is 3.78. The number of carbonyl (C=O) groups excluding carboxylic acids is 1. The number of hydrogen-bond donors (Lipinski definition) is 1. The predicted molar refractivity (Wildman–Crippen MR) is 70.9 cm³/mol. The zero-order valence-corrected chi connectivity index (χ0v) is 11.2. The average molecular weight is 255 g/mol. The van der Waals surface area contributed by atoms with Crippen LogP contribution in [0, 0.1) is 0 Å². The Morgan fingerprint density at radius 3 is 2.53 bits per heavy atom. The number of carbonyl (C=O) groups is 1. The number of hydrogen-bond acceptors (Lipinski definition) is 2. The Morgan fingerprint density at radius 2 is 2.00 bits per heavy atom. The van der Waals surface area contributed by atoms with Crippen molar-refractivity contribution in [3.63, 3.8) is 0 Å². The fourth-order valence-electron chi connectivity index (χ4n) is 1.66. The second-order valence-corrected chi connectivity index (χ2v) is 4.79. The van der Waals surface area contributed by atoms with E-state index in [2.05, 4.69) is 0 Å². The standard InChI is InChI=1S/C13H19ClN2O/c1-9(15)8-13(17)16(3)10(2)11-6-4-5-7-12(11)14/h4-7,9-10H,8,15H2,1-3H3. The first-order valence-corrected chi connectivity index (χ1v) is 6.07. The van der Waals surface area contributed by atoms with Crippen LogP contribution in [-0.4, -0.2) is 23.9 Å². The highest BCUT2D eigenvalue weighted by Gasteiger charge is 2.19. The van der Waals surface area contributed by atoms with Crippen molar-refractivity contribution in [1.29, 1.82) is 0 Å². The second-order valence-electron chi connectivity index (χ2n) is 4.38. The van der Waals surface area contributed by atoms with Gasteiger partial charge in [-0.25, -0.2) is 0 Å². The summed E-state index contributed by atoms with van der Waals surface area (Å²) in [5.41, 5.74) is 6.58. The quantitative estimate of drug-likeness (QED) is 0.898. The summed E-state index contributed by atoms with van der Waals surface area (Å²) in [4.78, 5) is 13.6. The van der Waals surface area contributed by atoms with Crippen LogP contribution in [0.15, 0.2) is 24.3 Å². The molecule has 0 aromatic heterocycles. The summed E-state index contributed by atoms with van der Waals surface area (Å²) in [5, 5.41) is 0.681. The molecule has 2 atom stereocenters. The largest absolute Gasteiger partial charge is 0.339 e. The summed E-state index contributed by atoms with van der Waals surface area (Å²) in [5.74, 6) is 0.0346. The number of rotatable bonds is 4. The summed E-state index contributed by atoms with van der Waals surface area (Å²) in [6.07, 6.45) is 0.352. The molecule has 94 valence electrons. The van der Waals surface area contributed by atoms with Gasteiger partial charge in [0.1, 0.15) is 0 Å². The molecule has 0 aliphatic rings. The van der Waals surface area contributed by atoms with E-state index in [0.717, 1.165) is 5.56 Å². The average Bonchev–Trinajstić information content (AvgIpc) is 2.27. The van der Waals surface area contributed by atoms with E-state index < -0.39 is 0 Å². The smallest absolute Gasteiger partial charge is 0.224 e. The van der Waals surface area contributed by atoms with Gasteiger partial charge in [-0.3, -0.25) is 4.79 Å². The zero-order valence-electron chi connectivity index (χ0n) is 10.5. The van der Waals surface area contributed by atoms with Crippen molar-refractivity contribution in [2.45, 2.75) is 32.4 Å². The first-order chi connectivity index (χ1) is 7.93. The predicted octanol–water partition coefficient (Wildman–Crippen LogP) is 2.60. The highest BCUT2D eigenvalue weighted by molar-refractivity contribution is 6.31. The lowest BCUT2D eigenvalue weighted by atomic mass is 10.1. The van der Waals surface area contributed by atoms with Crippen LogP contribution in [0.2, 0.25) is 5.02 Å². The summed E-state index contributed by atoms with van der Waals surface area (Å²) < 4.78 is 0. The van der Waals surface area contributed by atoms with Crippen LogP contribution in [0.5, 0.6) is 0 Å². The number of halogens is 1. The van der Waals surface area contributed by atoms with Gasteiger partial charge in [-0.05, 0) is 25.5 Å². The van der Waals surface area contributed by atoms with Gasteiger partial charge >= 0.3 is 0 Å². The maximum Gasteiger partial charge on any atom is 0.224 e. The Morgan fingerprint density at radius 1 is 1.41 bits per heavy atom. The van der Waals surface area contributed by atoms with Crippen molar-refractivity contribution >= 4 is 17.5 Å².